The van der Waals surface area contributed by atoms with E-state index >= 15 is 0 Å². The van der Waals surface area contributed by atoms with Gasteiger partial charge in [0.05, 0.1) is 0 Å². The number of hydrogen-bond donors (Lipinski definition) is 1. The summed E-state index contributed by atoms with van der Waals surface area (Å²) in [5.41, 5.74) is 1.46. The molecule has 0 aromatic heterocycles. The zero-order valence-corrected chi connectivity index (χ0v) is 18.5. The Morgan fingerprint density at radius 3 is 2.29 bits per heavy atom. The molecule has 0 saturated heterocycles. The van der Waals surface area contributed by atoms with Gasteiger partial charge in [-0.3, -0.25) is 0 Å². The molecule has 1 aliphatic rings. The Balaban J connectivity index is 0.000000480. The molecule has 1 nitrogen and oxygen atoms in total. The first kappa shape index (κ1) is 24.5. The lowest BCUT2D eigenvalue weighted by Crippen LogP contribution is -2.29. The molecule has 1 aliphatic carbocycles. The highest BCUT2D eigenvalue weighted by Crippen LogP contribution is 2.31. The second-order valence-electron chi connectivity index (χ2n) is 8.03. The van der Waals surface area contributed by atoms with Crippen molar-refractivity contribution in [1.29, 1.82) is 0 Å². The van der Waals surface area contributed by atoms with Crippen LogP contribution in [0.25, 0.3) is 6.08 Å². The molecule has 1 N–H and O–H groups in total. The lowest BCUT2D eigenvalue weighted by atomic mass is 9.78. The third-order valence-electron chi connectivity index (χ3n) is 5.76. The lowest BCUT2D eigenvalue weighted by molar-refractivity contribution is 0.228. The predicted molar refractivity (Wildman–Crippen MR) is 123 cm³/mol. The molecule has 2 heteroatoms. The van der Waals surface area contributed by atoms with Crippen LogP contribution in [0.4, 0.5) is 4.39 Å². The number of rotatable bonds is 10. The smallest absolute Gasteiger partial charge is 0.130 e. The zero-order chi connectivity index (χ0) is 20.6. The van der Waals surface area contributed by atoms with Crippen LogP contribution in [0.1, 0.15) is 90.5 Å². The van der Waals surface area contributed by atoms with E-state index in [-0.39, 0.29) is 5.82 Å². The fourth-order valence-electron chi connectivity index (χ4n) is 3.89. The summed E-state index contributed by atoms with van der Waals surface area (Å²) in [5, 5.41) is 3.40. The minimum atomic E-state index is -0.195. The quantitative estimate of drug-likeness (QED) is 0.315. The van der Waals surface area contributed by atoms with Crippen LogP contribution in [0.5, 0.6) is 0 Å². The minimum absolute atomic E-state index is 0.195. The van der Waals surface area contributed by atoms with E-state index in [1.165, 1.54) is 70.3 Å². The van der Waals surface area contributed by atoms with Crippen molar-refractivity contribution >= 4 is 6.08 Å². The van der Waals surface area contributed by atoms with Gasteiger partial charge in [-0.05, 0) is 30.4 Å². The Labute approximate surface area is 173 Å². The third kappa shape index (κ3) is 10.1. The highest BCUT2D eigenvalue weighted by molar-refractivity contribution is 5.52. The van der Waals surface area contributed by atoms with Gasteiger partial charge in [-0.2, -0.15) is 0 Å². The van der Waals surface area contributed by atoms with E-state index in [0.29, 0.717) is 5.56 Å². The van der Waals surface area contributed by atoms with Crippen molar-refractivity contribution in [2.45, 2.75) is 85.0 Å². The van der Waals surface area contributed by atoms with Crippen molar-refractivity contribution in [3.63, 3.8) is 0 Å². The van der Waals surface area contributed by atoms with Crippen molar-refractivity contribution in [2.75, 3.05) is 6.54 Å². The van der Waals surface area contributed by atoms with Gasteiger partial charge in [-0.1, -0.05) is 109 Å². The molecule has 0 bridgehead atoms. The molecule has 2 atom stereocenters. The highest BCUT2D eigenvalue weighted by Gasteiger charge is 2.23. The molecule has 1 aromatic rings. The van der Waals surface area contributed by atoms with Gasteiger partial charge in [0.25, 0.3) is 0 Å². The molecular weight excluding hydrogens is 345 g/mol. The Morgan fingerprint density at radius 2 is 1.68 bits per heavy atom. The first-order valence-electron chi connectivity index (χ1n) is 11.5. The second-order valence-corrected chi connectivity index (χ2v) is 8.03. The lowest BCUT2D eigenvalue weighted by Gasteiger charge is -2.31. The predicted octanol–water partition coefficient (Wildman–Crippen LogP) is 8.14. The number of halogens is 1. The van der Waals surface area contributed by atoms with Crippen molar-refractivity contribution in [1.82, 2.24) is 5.32 Å². The van der Waals surface area contributed by atoms with E-state index in [1.807, 2.05) is 12.1 Å². The summed E-state index contributed by atoms with van der Waals surface area (Å²) in [6.07, 6.45) is 17.3. The molecule has 158 valence electrons. The molecule has 2 unspecified atom stereocenters. The molecule has 0 spiro atoms. The van der Waals surface area contributed by atoms with E-state index in [0.717, 1.165) is 24.1 Å². The standard InChI is InChI=1S/C19H26FN.C7H16/c1-3-16-8-4-5-10-18(16)14-21-15(2)12-13-17-9-6-7-11-19(17)20;1-3-5-7-6-4-2/h6-7,9,11-13,16,18,21H,2-5,8,10,14H2,1H3;3-7H2,1-2H3/b13-12+;. The summed E-state index contributed by atoms with van der Waals surface area (Å²) in [6, 6.07) is 6.79. The Hall–Kier alpha value is -1.57. The molecule has 0 aliphatic heterocycles. The van der Waals surface area contributed by atoms with Crippen LogP contribution >= 0.6 is 0 Å². The van der Waals surface area contributed by atoms with E-state index in [9.17, 15) is 4.39 Å². The maximum absolute atomic E-state index is 13.5. The fourth-order valence-corrected chi connectivity index (χ4v) is 3.89. The number of benzene rings is 1. The van der Waals surface area contributed by atoms with Gasteiger partial charge in [-0.25, -0.2) is 4.39 Å². The van der Waals surface area contributed by atoms with Crippen LogP contribution in [0.2, 0.25) is 0 Å². The van der Waals surface area contributed by atoms with Crippen LogP contribution < -0.4 is 5.32 Å². The molecule has 0 radical (unpaired) electrons. The van der Waals surface area contributed by atoms with Gasteiger partial charge in [0.2, 0.25) is 0 Å². The normalized spacial score (nSPS) is 19.1. The van der Waals surface area contributed by atoms with Crippen molar-refractivity contribution in [2.24, 2.45) is 11.8 Å². The van der Waals surface area contributed by atoms with Crippen molar-refractivity contribution in [3.8, 4) is 0 Å². The van der Waals surface area contributed by atoms with Crippen LogP contribution in [0.3, 0.4) is 0 Å². The molecule has 2 rings (SSSR count). The van der Waals surface area contributed by atoms with Gasteiger partial charge in [0.15, 0.2) is 0 Å². The van der Waals surface area contributed by atoms with Crippen LogP contribution in [0, 0.1) is 17.7 Å². The first-order valence-corrected chi connectivity index (χ1v) is 11.5. The van der Waals surface area contributed by atoms with E-state index in [1.54, 1.807) is 18.2 Å². The highest BCUT2D eigenvalue weighted by atomic mass is 19.1. The Morgan fingerprint density at radius 1 is 1.04 bits per heavy atom. The summed E-state index contributed by atoms with van der Waals surface area (Å²) >= 11 is 0. The van der Waals surface area contributed by atoms with E-state index in [2.05, 4.69) is 32.7 Å². The average Bonchev–Trinajstić information content (AvgIpc) is 2.72. The van der Waals surface area contributed by atoms with E-state index in [4.69, 9.17) is 0 Å². The summed E-state index contributed by atoms with van der Waals surface area (Å²) in [6.45, 7) is 11.8. The fraction of sp³-hybridized carbons (Fsp3) is 0.615. The van der Waals surface area contributed by atoms with Crippen LogP contribution in [0.15, 0.2) is 42.6 Å². The molecule has 1 aromatic carbocycles. The third-order valence-corrected chi connectivity index (χ3v) is 5.76. The van der Waals surface area contributed by atoms with Crippen LogP contribution in [-0.4, -0.2) is 6.54 Å². The number of allylic oxidation sites excluding steroid dienone is 1. The molecule has 0 amide bonds. The Kier molecular flexibility index (Phi) is 13.4. The summed E-state index contributed by atoms with van der Waals surface area (Å²) in [5.74, 6) is 1.40. The molecular formula is C26H42FN. The van der Waals surface area contributed by atoms with Crippen molar-refractivity contribution < 1.29 is 4.39 Å². The van der Waals surface area contributed by atoms with Gasteiger partial charge in [-0.15, -0.1) is 0 Å². The molecule has 1 saturated carbocycles. The maximum Gasteiger partial charge on any atom is 0.130 e. The monoisotopic (exact) mass is 387 g/mol. The number of hydrogen-bond acceptors (Lipinski definition) is 1. The number of nitrogens with one attached hydrogen (secondary N) is 1. The van der Waals surface area contributed by atoms with Gasteiger partial charge in [0.1, 0.15) is 5.82 Å². The van der Waals surface area contributed by atoms with Gasteiger partial charge < -0.3 is 5.32 Å². The average molecular weight is 388 g/mol. The summed E-state index contributed by atoms with van der Waals surface area (Å²) in [4.78, 5) is 0. The molecule has 0 heterocycles. The molecule has 28 heavy (non-hydrogen) atoms. The first-order chi connectivity index (χ1) is 13.6. The zero-order valence-electron chi connectivity index (χ0n) is 18.5. The van der Waals surface area contributed by atoms with Gasteiger partial charge in [0, 0.05) is 17.8 Å². The number of unbranched alkanes of at least 4 members (excludes halogenated alkanes) is 4. The SMILES string of the molecule is C=C(/C=C/c1ccccc1F)NCC1CCCCC1CC.CCCCCCC. The Bertz CT molecular complexity index is 559. The largest absolute Gasteiger partial charge is 0.385 e. The summed E-state index contributed by atoms with van der Waals surface area (Å²) < 4.78 is 13.5. The molecule has 1 fully saturated rings. The summed E-state index contributed by atoms with van der Waals surface area (Å²) in [7, 11) is 0. The minimum Gasteiger partial charge on any atom is -0.385 e. The second kappa shape index (κ2) is 15.4. The maximum atomic E-state index is 13.5. The van der Waals surface area contributed by atoms with Crippen LogP contribution in [-0.2, 0) is 0 Å². The van der Waals surface area contributed by atoms with Gasteiger partial charge >= 0.3 is 0 Å². The topological polar surface area (TPSA) is 12.0 Å². The van der Waals surface area contributed by atoms with E-state index < -0.39 is 0 Å². The van der Waals surface area contributed by atoms with Crippen molar-refractivity contribution in [3.05, 3.63) is 54.0 Å².